The smallest absolute Gasteiger partial charge is 0.326 e. The van der Waals surface area contributed by atoms with Crippen molar-refractivity contribution in [2.24, 2.45) is 0 Å². The maximum atomic E-state index is 12.1. The van der Waals surface area contributed by atoms with Gasteiger partial charge in [0.2, 0.25) is 17.7 Å². The fourth-order valence-corrected chi connectivity index (χ4v) is 3.70. The number of amides is 3. The van der Waals surface area contributed by atoms with Crippen molar-refractivity contribution in [3.8, 4) is 0 Å². The van der Waals surface area contributed by atoms with Crippen molar-refractivity contribution in [1.29, 1.82) is 0 Å². The number of carboxylic acids is 3. The van der Waals surface area contributed by atoms with Crippen LogP contribution in [-0.4, -0.2) is 70.1 Å². The number of nitrogens with one attached hydrogen (secondary N) is 3. The third-order valence-corrected chi connectivity index (χ3v) is 5.91. The Morgan fingerprint density at radius 3 is 1.24 bits per heavy atom. The average molecular weight is 530 g/mol. The van der Waals surface area contributed by atoms with Crippen LogP contribution in [0.25, 0.3) is 0 Å². The number of carbonyl (C=O) groups excluding carboxylic acids is 3. The molecule has 37 heavy (non-hydrogen) atoms. The van der Waals surface area contributed by atoms with Crippen molar-refractivity contribution in [1.82, 2.24) is 16.0 Å². The average Bonchev–Trinajstić information content (AvgIpc) is 2.83. The van der Waals surface area contributed by atoms with Crippen LogP contribution >= 0.6 is 0 Å². The second-order valence-corrected chi connectivity index (χ2v) is 9.10. The molecule has 0 rings (SSSR count). The van der Waals surface area contributed by atoms with E-state index in [1.807, 2.05) is 0 Å². The largest absolute Gasteiger partial charge is 0.481 e. The fraction of sp³-hybridized carbons (Fsp3) is 0.760. The minimum atomic E-state index is -1.30. The zero-order valence-corrected chi connectivity index (χ0v) is 21.8. The topological polar surface area (TPSA) is 199 Å². The molecule has 0 bridgehead atoms. The molecule has 0 aromatic heterocycles. The third-order valence-electron chi connectivity index (χ3n) is 5.91. The maximum absolute atomic E-state index is 12.1. The summed E-state index contributed by atoms with van der Waals surface area (Å²) in [6, 6.07) is -2.53. The molecule has 6 N–H and O–H groups in total. The van der Waals surface area contributed by atoms with Crippen LogP contribution in [-0.2, 0) is 28.8 Å². The first kappa shape index (κ1) is 33.8. The zero-order valence-electron chi connectivity index (χ0n) is 21.8. The van der Waals surface area contributed by atoms with E-state index in [4.69, 9.17) is 5.11 Å². The summed E-state index contributed by atoms with van der Waals surface area (Å²) in [4.78, 5) is 68.7. The van der Waals surface area contributed by atoms with Crippen molar-refractivity contribution < 1.29 is 44.1 Å². The first-order valence-corrected chi connectivity index (χ1v) is 13.0. The van der Waals surface area contributed by atoms with Gasteiger partial charge in [0, 0.05) is 32.7 Å². The van der Waals surface area contributed by atoms with Crippen LogP contribution in [0.3, 0.4) is 0 Å². The summed E-state index contributed by atoms with van der Waals surface area (Å²) < 4.78 is 0. The molecular formula is C25H43N3O9. The number of rotatable bonds is 23. The lowest BCUT2D eigenvalue weighted by atomic mass is 10.0. The van der Waals surface area contributed by atoms with Gasteiger partial charge in [-0.25, -0.2) is 9.59 Å². The van der Waals surface area contributed by atoms with E-state index in [0.29, 0.717) is 6.42 Å². The lowest BCUT2D eigenvalue weighted by Crippen LogP contribution is -2.44. The molecule has 0 heterocycles. The Morgan fingerprint density at radius 1 is 0.514 bits per heavy atom. The Labute approximate surface area is 217 Å². The van der Waals surface area contributed by atoms with Crippen LogP contribution in [0.5, 0.6) is 0 Å². The molecule has 0 aliphatic carbocycles. The minimum Gasteiger partial charge on any atom is -0.481 e. The molecule has 0 aliphatic heterocycles. The Morgan fingerprint density at radius 2 is 0.865 bits per heavy atom. The second-order valence-electron chi connectivity index (χ2n) is 9.10. The SMILES string of the molecule is CNC(=O)CC[C@H](NC(=O)CC[C@H](NC(=O)CCCCCCCCCCCCC(=O)O)C(=O)O)C(=O)O. The van der Waals surface area contributed by atoms with E-state index in [2.05, 4.69) is 16.0 Å². The summed E-state index contributed by atoms with van der Waals surface area (Å²) in [5.74, 6) is -4.78. The van der Waals surface area contributed by atoms with Crippen LogP contribution in [0.4, 0.5) is 0 Å². The molecule has 2 atom stereocenters. The molecule has 0 radical (unpaired) electrons. The molecule has 12 nitrogen and oxygen atoms in total. The van der Waals surface area contributed by atoms with Crippen molar-refractivity contribution in [2.75, 3.05) is 7.05 Å². The first-order valence-electron chi connectivity index (χ1n) is 13.0. The predicted molar refractivity (Wildman–Crippen MR) is 135 cm³/mol. The van der Waals surface area contributed by atoms with Crippen molar-refractivity contribution >= 4 is 35.6 Å². The Kier molecular flexibility index (Phi) is 19.2. The van der Waals surface area contributed by atoms with Crippen molar-refractivity contribution in [3.63, 3.8) is 0 Å². The lowest BCUT2D eigenvalue weighted by molar-refractivity contribution is -0.143. The molecule has 0 aromatic carbocycles. The number of carboxylic acid groups (broad SMARTS) is 3. The monoisotopic (exact) mass is 529 g/mol. The number of unbranched alkanes of at least 4 members (excludes halogenated alkanes) is 9. The summed E-state index contributed by atoms with van der Waals surface area (Å²) >= 11 is 0. The van der Waals surface area contributed by atoms with E-state index in [-0.39, 0.29) is 44.4 Å². The van der Waals surface area contributed by atoms with E-state index in [1.54, 1.807) is 0 Å². The van der Waals surface area contributed by atoms with Gasteiger partial charge in [0.1, 0.15) is 12.1 Å². The number of hydrogen-bond acceptors (Lipinski definition) is 6. The van der Waals surface area contributed by atoms with E-state index < -0.39 is 41.8 Å². The highest BCUT2D eigenvalue weighted by molar-refractivity contribution is 5.86. The Bertz CT molecular complexity index is 743. The summed E-state index contributed by atoms with van der Waals surface area (Å²) in [5.41, 5.74) is 0. The maximum Gasteiger partial charge on any atom is 0.326 e. The van der Waals surface area contributed by atoms with E-state index in [1.165, 1.54) is 7.05 Å². The number of aliphatic carboxylic acids is 3. The summed E-state index contributed by atoms with van der Waals surface area (Å²) in [6.07, 6.45) is 9.20. The zero-order chi connectivity index (χ0) is 28.1. The standard InChI is InChI=1S/C25H43N3O9/c1-26-20(29)16-14-18(24(34)35)28-22(31)17-15-19(25(36)37)27-21(30)12-10-8-6-4-2-3-5-7-9-11-13-23(32)33/h18-19H,2-17H2,1H3,(H,26,29)(H,27,30)(H,28,31)(H,32,33)(H,34,35)(H,36,37)/t18-,19-/m0/s1. The molecule has 0 spiro atoms. The van der Waals surface area contributed by atoms with Crippen LogP contribution in [0.2, 0.25) is 0 Å². The van der Waals surface area contributed by atoms with E-state index in [9.17, 15) is 39.0 Å². The van der Waals surface area contributed by atoms with Gasteiger partial charge in [0.25, 0.3) is 0 Å². The van der Waals surface area contributed by atoms with Gasteiger partial charge >= 0.3 is 17.9 Å². The van der Waals surface area contributed by atoms with Crippen molar-refractivity contribution in [3.05, 3.63) is 0 Å². The molecule has 0 fully saturated rings. The van der Waals surface area contributed by atoms with Gasteiger partial charge < -0.3 is 31.3 Å². The van der Waals surface area contributed by atoms with Crippen molar-refractivity contribution in [2.45, 2.75) is 115 Å². The van der Waals surface area contributed by atoms with Gasteiger partial charge in [0.15, 0.2) is 0 Å². The first-order chi connectivity index (χ1) is 17.6. The molecule has 0 saturated carbocycles. The summed E-state index contributed by atoms with van der Waals surface area (Å²) in [5, 5.41) is 34.2. The molecule has 212 valence electrons. The molecule has 0 unspecified atom stereocenters. The van der Waals surface area contributed by atoms with E-state index in [0.717, 1.165) is 57.8 Å². The molecular weight excluding hydrogens is 486 g/mol. The highest BCUT2D eigenvalue weighted by Crippen LogP contribution is 2.12. The Balaban J connectivity index is 4.08. The quantitative estimate of drug-likeness (QED) is 0.107. The van der Waals surface area contributed by atoms with E-state index >= 15 is 0 Å². The molecule has 0 aliphatic rings. The van der Waals surface area contributed by atoms with Crippen LogP contribution in [0.1, 0.15) is 103 Å². The van der Waals surface area contributed by atoms with Crippen LogP contribution < -0.4 is 16.0 Å². The lowest BCUT2D eigenvalue weighted by Gasteiger charge is -2.17. The summed E-state index contributed by atoms with van der Waals surface area (Å²) in [7, 11) is 1.41. The minimum absolute atomic E-state index is 0.0856. The number of carbonyl (C=O) groups is 6. The highest BCUT2D eigenvalue weighted by Gasteiger charge is 2.24. The van der Waals surface area contributed by atoms with Crippen LogP contribution in [0, 0.1) is 0 Å². The van der Waals surface area contributed by atoms with Crippen LogP contribution in [0.15, 0.2) is 0 Å². The molecule has 0 aromatic rings. The molecule has 3 amide bonds. The third kappa shape index (κ3) is 19.7. The normalized spacial score (nSPS) is 12.2. The van der Waals surface area contributed by atoms with Gasteiger partial charge in [-0.05, 0) is 25.7 Å². The Hall–Kier alpha value is -3.18. The van der Waals surface area contributed by atoms with Gasteiger partial charge in [-0.3, -0.25) is 19.2 Å². The van der Waals surface area contributed by atoms with Gasteiger partial charge in [-0.1, -0.05) is 51.4 Å². The molecule has 12 heteroatoms. The summed E-state index contributed by atoms with van der Waals surface area (Å²) in [6.45, 7) is 0. The molecule has 0 saturated heterocycles. The second kappa shape index (κ2) is 21.0. The predicted octanol–water partition coefficient (Wildman–Crippen LogP) is 2.20. The number of hydrogen-bond donors (Lipinski definition) is 6. The highest BCUT2D eigenvalue weighted by atomic mass is 16.4. The fourth-order valence-electron chi connectivity index (χ4n) is 3.70. The van der Waals surface area contributed by atoms with Gasteiger partial charge in [-0.2, -0.15) is 0 Å². The van der Waals surface area contributed by atoms with Gasteiger partial charge in [0.05, 0.1) is 0 Å². The van der Waals surface area contributed by atoms with Gasteiger partial charge in [-0.15, -0.1) is 0 Å².